The van der Waals surface area contributed by atoms with Gasteiger partial charge in [-0.25, -0.2) is 0 Å². The van der Waals surface area contributed by atoms with Crippen molar-refractivity contribution in [3.63, 3.8) is 0 Å². The van der Waals surface area contributed by atoms with E-state index in [-0.39, 0.29) is 12.2 Å². The highest BCUT2D eigenvalue weighted by Crippen LogP contribution is 2.19. The van der Waals surface area contributed by atoms with Crippen LogP contribution in [0.5, 0.6) is 0 Å². The number of benzene rings is 1. The summed E-state index contributed by atoms with van der Waals surface area (Å²) in [7, 11) is 0. The second kappa shape index (κ2) is 5.06. The summed E-state index contributed by atoms with van der Waals surface area (Å²) < 4.78 is 0. The van der Waals surface area contributed by atoms with Crippen molar-refractivity contribution in [3.05, 3.63) is 52.8 Å². The van der Waals surface area contributed by atoms with E-state index in [9.17, 15) is 4.79 Å². The van der Waals surface area contributed by atoms with Crippen LogP contribution in [0.25, 0.3) is 0 Å². The van der Waals surface area contributed by atoms with Gasteiger partial charge in [0.1, 0.15) is 0 Å². The first kappa shape index (κ1) is 12.4. The molecule has 4 nitrogen and oxygen atoms in total. The molecule has 0 saturated heterocycles. The molecule has 1 heterocycles. The maximum Gasteiger partial charge on any atom is 0.167 e. The average Bonchev–Trinajstić information content (AvgIpc) is 2.31. The number of aromatic nitrogens is 1. The molecule has 0 aliphatic heterocycles. The number of rotatable bonds is 3. The molecule has 4 N–H and O–H groups in total. The predicted octanol–water partition coefficient (Wildman–Crippen LogP) is 2.32. The van der Waals surface area contributed by atoms with Crippen LogP contribution >= 0.6 is 11.6 Å². The Kier molecular flexibility index (Phi) is 3.48. The average molecular weight is 262 g/mol. The fraction of sp³-hybridized carbons (Fsp3) is 0.0769. The number of hydrogen-bond donors (Lipinski definition) is 2. The van der Waals surface area contributed by atoms with Gasteiger partial charge in [-0.1, -0.05) is 11.6 Å². The zero-order chi connectivity index (χ0) is 13.1. The number of pyridine rings is 1. The number of nitrogens with zero attached hydrogens (tertiary/aromatic N) is 1. The fourth-order valence-electron chi connectivity index (χ4n) is 1.63. The molecule has 0 spiro atoms. The van der Waals surface area contributed by atoms with Gasteiger partial charge < -0.3 is 11.5 Å². The van der Waals surface area contributed by atoms with Crippen LogP contribution in [0.2, 0.25) is 5.02 Å². The third-order valence-electron chi connectivity index (χ3n) is 2.53. The van der Waals surface area contributed by atoms with Crippen LogP contribution in [0.4, 0.5) is 11.4 Å². The van der Waals surface area contributed by atoms with E-state index in [1.54, 1.807) is 36.7 Å². The largest absolute Gasteiger partial charge is 0.399 e. The summed E-state index contributed by atoms with van der Waals surface area (Å²) in [5.74, 6) is -0.0936. The van der Waals surface area contributed by atoms with Crippen molar-refractivity contribution in [2.45, 2.75) is 6.42 Å². The zero-order valence-corrected chi connectivity index (χ0v) is 10.3. The van der Waals surface area contributed by atoms with Gasteiger partial charge in [-0.05, 0) is 24.3 Å². The van der Waals surface area contributed by atoms with Crippen molar-refractivity contribution in [2.24, 2.45) is 0 Å². The maximum atomic E-state index is 12.1. The summed E-state index contributed by atoms with van der Waals surface area (Å²) in [5, 5.41) is 0.442. The number of nitrogens with two attached hydrogens (primary N) is 2. The third kappa shape index (κ3) is 2.78. The molecular weight excluding hydrogens is 250 g/mol. The Morgan fingerprint density at radius 3 is 2.72 bits per heavy atom. The number of carbonyl (C=O) groups is 1. The van der Waals surface area contributed by atoms with E-state index >= 15 is 0 Å². The van der Waals surface area contributed by atoms with Crippen LogP contribution in [0.1, 0.15) is 15.9 Å². The standard InChI is InChI=1S/C13H12ClN3O/c14-10-3-8(4-11(15)6-10)13(18)5-9-7-17-2-1-12(9)16/h1-4,6-7H,5,15H2,(H2,16,17). The monoisotopic (exact) mass is 261 g/mol. The molecule has 0 radical (unpaired) electrons. The summed E-state index contributed by atoms with van der Waals surface area (Å²) in [5.41, 5.74) is 13.6. The lowest BCUT2D eigenvalue weighted by molar-refractivity contribution is 0.0993. The van der Waals surface area contributed by atoms with Gasteiger partial charge in [0.15, 0.2) is 5.78 Å². The topological polar surface area (TPSA) is 82.0 Å². The quantitative estimate of drug-likeness (QED) is 0.656. The molecule has 0 fully saturated rings. The van der Waals surface area contributed by atoms with E-state index in [0.29, 0.717) is 27.5 Å². The molecule has 1 aromatic heterocycles. The lowest BCUT2D eigenvalue weighted by Gasteiger charge is -2.05. The lowest BCUT2D eigenvalue weighted by atomic mass is 10.0. The minimum Gasteiger partial charge on any atom is -0.399 e. The van der Waals surface area contributed by atoms with Gasteiger partial charge in [0.25, 0.3) is 0 Å². The van der Waals surface area contributed by atoms with Gasteiger partial charge in [0, 0.05) is 46.3 Å². The number of ketones is 1. The number of carbonyl (C=O) groups excluding carboxylic acids is 1. The Morgan fingerprint density at radius 1 is 1.28 bits per heavy atom. The molecule has 0 bridgehead atoms. The highest BCUT2D eigenvalue weighted by Gasteiger charge is 2.10. The first-order valence-corrected chi connectivity index (χ1v) is 5.71. The molecular formula is C13H12ClN3O. The minimum atomic E-state index is -0.0936. The molecule has 92 valence electrons. The third-order valence-corrected chi connectivity index (χ3v) is 2.75. The van der Waals surface area contributed by atoms with Crippen LogP contribution in [0.15, 0.2) is 36.7 Å². The van der Waals surface area contributed by atoms with Crippen molar-refractivity contribution in [2.75, 3.05) is 11.5 Å². The van der Waals surface area contributed by atoms with E-state index < -0.39 is 0 Å². The Morgan fingerprint density at radius 2 is 2.06 bits per heavy atom. The second-order valence-electron chi connectivity index (χ2n) is 3.95. The van der Waals surface area contributed by atoms with Gasteiger partial charge in [0.05, 0.1) is 0 Å². The van der Waals surface area contributed by atoms with Gasteiger partial charge >= 0.3 is 0 Å². The number of nitrogen functional groups attached to an aromatic ring is 2. The summed E-state index contributed by atoms with van der Waals surface area (Å²) in [6, 6.07) is 6.44. The highest BCUT2D eigenvalue weighted by atomic mass is 35.5. The van der Waals surface area contributed by atoms with Gasteiger partial charge in [0.2, 0.25) is 0 Å². The van der Waals surface area contributed by atoms with Crippen LogP contribution in [-0.2, 0) is 6.42 Å². The molecule has 0 unspecified atom stereocenters. The Bertz CT molecular complexity index is 578. The van der Waals surface area contributed by atoms with Crippen molar-refractivity contribution >= 4 is 28.8 Å². The van der Waals surface area contributed by atoms with Gasteiger partial charge in [-0.15, -0.1) is 0 Å². The van der Waals surface area contributed by atoms with E-state index in [0.717, 1.165) is 0 Å². The number of Topliss-reactive ketones (excluding diaryl/α,β-unsaturated/α-hetero) is 1. The summed E-state index contributed by atoms with van der Waals surface area (Å²) >= 11 is 5.86. The van der Waals surface area contributed by atoms with Crippen LogP contribution in [0.3, 0.4) is 0 Å². The molecule has 0 saturated carbocycles. The van der Waals surface area contributed by atoms with E-state index in [1.165, 1.54) is 0 Å². The molecule has 1 aromatic carbocycles. The fourth-order valence-corrected chi connectivity index (χ4v) is 1.88. The lowest BCUT2D eigenvalue weighted by Crippen LogP contribution is -2.06. The van der Waals surface area contributed by atoms with Crippen molar-refractivity contribution in [3.8, 4) is 0 Å². The van der Waals surface area contributed by atoms with E-state index in [2.05, 4.69) is 4.98 Å². The smallest absolute Gasteiger partial charge is 0.167 e. The van der Waals surface area contributed by atoms with Crippen LogP contribution < -0.4 is 11.5 Å². The van der Waals surface area contributed by atoms with Crippen LogP contribution in [0, 0.1) is 0 Å². The van der Waals surface area contributed by atoms with Gasteiger partial charge in [-0.3, -0.25) is 9.78 Å². The SMILES string of the molecule is Nc1cc(Cl)cc(C(=O)Cc2cnccc2N)c1. The van der Waals surface area contributed by atoms with Crippen molar-refractivity contribution < 1.29 is 4.79 Å². The minimum absolute atomic E-state index is 0.0936. The predicted molar refractivity (Wildman–Crippen MR) is 72.5 cm³/mol. The zero-order valence-electron chi connectivity index (χ0n) is 9.56. The first-order valence-electron chi connectivity index (χ1n) is 5.34. The van der Waals surface area contributed by atoms with Crippen LogP contribution in [-0.4, -0.2) is 10.8 Å². The van der Waals surface area contributed by atoms with E-state index in [4.69, 9.17) is 23.1 Å². The molecule has 0 atom stereocenters. The highest BCUT2D eigenvalue weighted by molar-refractivity contribution is 6.31. The molecule has 0 aliphatic carbocycles. The first-order chi connectivity index (χ1) is 8.56. The summed E-state index contributed by atoms with van der Waals surface area (Å²) in [6.07, 6.45) is 3.35. The Labute approximate surface area is 110 Å². The summed E-state index contributed by atoms with van der Waals surface area (Å²) in [4.78, 5) is 16.0. The molecule has 0 aliphatic rings. The number of anilines is 2. The van der Waals surface area contributed by atoms with Gasteiger partial charge in [-0.2, -0.15) is 0 Å². The molecule has 2 aromatic rings. The molecule has 0 amide bonds. The molecule has 5 heteroatoms. The normalized spacial score (nSPS) is 10.3. The number of hydrogen-bond acceptors (Lipinski definition) is 4. The Balaban J connectivity index is 2.25. The van der Waals surface area contributed by atoms with E-state index in [1.807, 2.05) is 0 Å². The number of halogens is 1. The second-order valence-corrected chi connectivity index (χ2v) is 4.38. The summed E-state index contributed by atoms with van der Waals surface area (Å²) in [6.45, 7) is 0. The Hall–Kier alpha value is -2.07. The molecule has 18 heavy (non-hydrogen) atoms. The van der Waals surface area contributed by atoms with Crippen molar-refractivity contribution in [1.29, 1.82) is 0 Å². The molecule has 2 rings (SSSR count). The van der Waals surface area contributed by atoms with Crippen molar-refractivity contribution in [1.82, 2.24) is 4.98 Å². The maximum absolute atomic E-state index is 12.1.